The summed E-state index contributed by atoms with van der Waals surface area (Å²) in [7, 11) is 22.0. The predicted octanol–water partition coefficient (Wildman–Crippen LogP) is -7.55. The van der Waals surface area contributed by atoms with Gasteiger partial charge in [0.25, 0.3) is 0 Å². The lowest BCUT2D eigenvalue weighted by atomic mass is 9.60. The molecule has 3 aromatic heterocycles. The topological polar surface area (TPSA) is 56.7 Å². The highest BCUT2D eigenvalue weighted by Crippen LogP contribution is 2.38. The van der Waals surface area contributed by atoms with E-state index in [1.54, 1.807) is 0 Å². The summed E-state index contributed by atoms with van der Waals surface area (Å²) >= 11 is 0. The zero-order valence-electron chi connectivity index (χ0n) is 32.8. The first-order valence-electron chi connectivity index (χ1n) is 18.8. The van der Waals surface area contributed by atoms with Crippen LogP contribution in [0.3, 0.4) is 0 Å². The number of furan rings is 1. The number of nitrogens with zero attached hydrogens (tertiary/aromatic N) is 4. The highest BCUT2D eigenvalue weighted by molar-refractivity contribution is 6.69. The van der Waals surface area contributed by atoms with Gasteiger partial charge in [0.1, 0.15) is 89.6 Å². The molecule has 0 saturated heterocycles. The lowest BCUT2D eigenvalue weighted by Crippen LogP contribution is -2.55. The molecule has 9 aromatic rings. The van der Waals surface area contributed by atoms with Crippen molar-refractivity contribution in [3.05, 3.63) is 84.9 Å². The van der Waals surface area contributed by atoms with Crippen LogP contribution in [-0.4, -0.2) is 98.0 Å². The van der Waals surface area contributed by atoms with E-state index in [-0.39, 0.29) is 0 Å². The number of fused-ring (bicyclic) bond motifs is 6. The molecule has 0 radical (unpaired) electrons. The van der Waals surface area contributed by atoms with Crippen molar-refractivity contribution in [3.63, 3.8) is 0 Å². The first kappa shape index (κ1) is 34.4. The second kappa shape index (κ2) is 12.6. The lowest BCUT2D eigenvalue weighted by molar-refractivity contribution is 0.668. The van der Waals surface area contributed by atoms with Crippen molar-refractivity contribution < 1.29 is 4.42 Å². The van der Waals surface area contributed by atoms with Crippen LogP contribution in [0, 0.1) is 0 Å². The Labute approximate surface area is 324 Å². The van der Waals surface area contributed by atoms with Gasteiger partial charge in [0.05, 0.1) is 11.0 Å². The summed E-state index contributed by atoms with van der Waals surface area (Å²) in [4.78, 5) is 16.0. The van der Waals surface area contributed by atoms with Crippen molar-refractivity contribution in [2.24, 2.45) is 0 Å². The molecule has 0 spiro atoms. The number of hydrogen-bond acceptors (Lipinski definition) is 4. The molecule has 15 heteroatoms. The molecule has 9 rings (SSSR count). The minimum atomic E-state index is 0.638. The molecule has 5 nitrogen and oxygen atoms in total. The van der Waals surface area contributed by atoms with E-state index in [4.69, 9.17) is 19.4 Å². The highest BCUT2D eigenvalue weighted by Gasteiger charge is 2.23. The zero-order chi connectivity index (χ0) is 37.7. The Bertz CT molecular complexity index is 2880. The molecule has 0 fully saturated rings. The van der Waals surface area contributed by atoms with Crippen molar-refractivity contribution in [1.82, 2.24) is 19.5 Å². The van der Waals surface area contributed by atoms with Crippen molar-refractivity contribution in [2.75, 3.05) is 0 Å². The molecule has 0 amide bonds. The van der Waals surface area contributed by atoms with Crippen LogP contribution in [-0.2, 0) is 0 Å². The maximum atomic E-state index is 6.69. The van der Waals surface area contributed by atoms with Crippen LogP contribution in [0.2, 0.25) is 0 Å². The number of benzene rings is 6. The van der Waals surface area contributed by atoms with Gasteiger partial charge in [-0.25, -0.2) is 15.0 Å². The third-order valence-electron chi connectivity index (χ3n) is 12.6. The van der Waals surface area contributed by atoms with E-state index in [0.717, 1.165) is 44.3 Å². The molecule has 0 saturated carbocycles. The molecule has 0 unspecified atom stereocenters. The third kappa shape index (κ3) is 4.97. The number of para-hydroxylation sites is 2. The predicted molar refractivity (Wildman–Crippen MR) is 260 cm³/mol. The Morgan fingerprint density at radius 1 is 0.407 bits per heavy atom. The average Bonchev–Trinajstić information content (AvgIpc) is 3.73. The normalized spacial score (nSPS) is 11.7. The SMILES string of the molecule is Bc1c(B)c(B)c(-c2nc(-c3c(B)c(B)c(B)c(B)c3B)nc(-c3cccc4oc5cc(-n6c7ccccc7c7ccccc76)ccc5c34)n2)c(B)c1B. The maximum Gasteiger partial charge on any atom is 0.164 e. The zero-order valence-corrected chi connectivity index (χ0v) is 32.8. The Kier molecular flexibility index (Phi) is 8.00. The molecule has 0 aliphatic carbocycles. The van der Waals surface area contributed by atoms with E-state index in [9.17, 15) is 0 Å². The van der Waals surface area contributed by atoms with Gasteiger partial charge in [-0.15, -0.1) is 32.8 Å². The summed E-state index contributed by atoms with van der Waals surface area (Å²) in [6, 6.07) is 30.0. The quantitative estimate of drug-likeness (QED) is 0.173. The average molecular weight is 683 g/mol. The highest BCUT2D eigenvalue weighted by atomic mass is 16.3. The Morgan fingerprint density at radius 3 is 1.39 bits per heavy atom. The van der Waals surface area contributed by atoms with E-state index in [0.29, 0.717) is 17.5 Å². The molecule has 0 atom stereocenters. The summed E-state index contributed by atoms with van der Waals surface area (Å²) < 4.78 is 9.02. The van der Waals surface area contributed by atoms with Crippen LogP contribution >= 0.6 is 0 Å². The fraction of sp³-hybridized carbons (Fsp3) is 0. The molecule has 54 heavy (non-hydrogen) atoms. The standard InChI is InChI=1S/C39H34B10N4O/c40-27-25(28(41)32(45)35(48)31(27)44)38-50-37(51-39(52-38)26-29(42)33(46)36(49)34(47)30(26)43)19-8-5-11-22-24(19)18-13-12-15(14-23(18)54-22)53-20-9-3-1-6-16(20)17-7-2-4-10-21(17)53/h1-14H,40-49H2. The van der Waals surface area contributed by atoms with E-state index in [1.165, 1.54) is 76.4 Å². The molecule has 6 aromatic carbocycles. The van der Waals surface area contributed by atoms with Crippen LogP contribution in [0.25, 0.3) is 83.6 Å². The molecule has 0 N–H and O–H groups in total. The molecule has 0 bridgehead atoms. The molecule has 3 heterocycles. The van der Waals surface area contributed by atoms with Gasteiger partial charge in [-0.2, -0.15) is 0 Å². The van der Waals surface area contributed by atoms with E-state index in [2.05, 4.69) is 156 Å². The molecule has 246 valence electrons. The lowest BCUT2D eigenvalue weighted by Gasteiger charge is -2.22. The van der Waals surface area contributed by atoms with Crippen LogP contribution in [0.5, 0.6) is 0 Å². The number of rotatable bonds is 4. The first-order chi connectivity index (χ1) is 26.0. The van der Waals surface area contributed by atoms with Gasteiger partial charge in [-0.1, -0.05) is 70.4 Å². The van der Waals surface area contributed by atoms with Crippen molar-refractivity contribution in [3.8, 4) is 39.9 Å². The summed E-state index contributed by atoms with van der Waals surface area (Å²) in [6.07, 6.45) is 0. The Balaban J connectivity index is 1.32. The van der Waals surface area contributed by atoms with E-state index in [1.807, 2.05) is 12.1 Å². The second-order valence-electron chi connectivity index (χ2n) is 15.1. The van der Waals surface area contributed by atoms with Gasteiger partial charge in [0.2, 0.25) is 0 Å². The summed E-state index contributed by atoms with van der Waals surface area (Å²) in [5, 5.41) is 4.49. The third-order valence-corrected chi connectivity index (χ3v) is 12.6. The van der Waals surface area contributed by atoms with Gasteiger partial charge in [-0.3, -0.25) is 0 Å². The van der Waals surface area contributed by atoms with E-state index < -0.39 is 0 Å². The van der Waals surface area contributed by atoms with E-state index >= 15 is 0 Å². The minimum Gasteiger partial charge on any atom is -0.456 e. The van der Waals surface area contributed by atoms with Gasteiger partial charge >= 0.3 is 0 Å². The van der Waals surface area contributed by atoms with Crippen molar-refractivity contribution >= 4 is 177 Å². The minimum absolute atomic E-state index is 0.638. The van der Waals surface area contributed by atoms with Crippen LogP contribution in [0.15, 0.2) is 89.3 Å². The van der Waals surface area contributed by atoms with Gasteiger partial charge in [0.15, 0.2) is 17.5 Å². The summed E-state index contributed by atoms with van der Waals surface area (Å²) in [5.74, 6) is 2.04. The summed E-state index contributed by atoms with van der Waals surface area (Å²) in [6.45, 7) is 0. The van der Waals surface area contributed by atoms with Crippen molar-refractivity contribution in [2.45, 2.75) is 0 Å². The van der Waals surface area contributed by atoms with Gasteiger partial charge in [-0.05, 0) is 30.3 Å². The maximum absolute atomic E-state index is 6.69. The van der Waals surface area contributed by atoms with Gasteiger partial charge < -0.3 is 8.98 Å². The van der Waals surface area contributed by atoms with Crippen LogP contribution in [0.1, 0.15) is 0 Å². The first-order valence-corrected chi connectivity index (χ1v) is 18.8. The fourth-order valence-electron chi connectivity index (χ4n) is 8.73. The Morgan fingerprint density at radius 2 is 0.870 bits per heavy atom. The van der Waals surface area contributed by atoms with Crippen molar-refractivity contribution in [1.29, 1.82) is 0 Å². The smallest absolute Gasteiger partial charge is 0.164 e. The molecular formula is C39H34B10N4O. The molecule has 0 aliphatic rings. The fourth-order valence-corrected chi connectivity index (χ4v) is 8.73. The van der Waals surface area contributed by atoms with Crippen LogP contribution < -0.4 is 54.6 Å². The second-order valence-corrected chi connectivity index (χ2v) is 15.1. The summed E-state index contributed by atoms with van der Waals surface area (Å²) in [5.41, 5.74) is 20.6. The molecule has 0 aliphatic heterocycles. The monoisotopic (exact) mass is 684 g/mol. The number of aromatic nitrogens is 4. The largest absolute Gasteiger partial charge is 0.456 e. The number of hydrogen-bond donors (Lipinski definition) is 0. The van der Waals surface area contributed by atoms with Crippen LogP contribution in [0.4, 0.5) is 0 Å². The molecular weight excluding hydrogens is 649 g/mol. The van der Waals surface area contributed by atoms with Gasteiger partial charge in [0, 0.05) is 50.0 Å². The Hall–Kier alpha value is -5.42.